The second-order valence-electron chi connectivity index (χ2n) is 6.62. The monoisotopic (exact) mass is 376 g/mol. The lowest BCUT2D eigenvalue weighted by Crippen LogP contribution is -2.31. The molecule has 0 unspecified atom stereocenters. The Balaban J connectivity index is 1.76. The maximum Gasteiger partial charge on any atom is 0.238 e. The van der Waals surface area contributed by atoms with E-state index < -0.39 is 10.0 Å². The summed E-state index contributed by atoms with van der Waals surface area (Å²) in [6, 6.07) is 6.95. The minimum Gasteiger partial charge on any atom is -0.353 e. The number of likely N-dealkylation sites (N-methyl/N-ethyl adjacent to an activating group) is 1. The van der Waals surface area contributed by atoms with Gasteiger partial charge in [-0.15, -0.1) is 0 Å². The molecule has 1 aliphatic rings. The van der Waals surface area contributed by atoms with E-state index in [2.05, 4.69) is 25.1 Å². The minimum atomic E-state index is -3.70. The molecule has 0 atom stereocenters. The van der Waals surface area contributed by atoms with Crippen LogP contribution in [0.15, 0.2) is 35.4 Å². The van der Waals surface area contributed by atoms with Crippen molar-refractivity contribution in [2.24, 2.45) is 5.14 Å². The maximum atomic E-state index is 11.6. The van der Waals surface area contributed by atoms with E-state index in [1.54, 1.807) is 18.3 Å². The summed E-state index contributed by atoms with van der Waals surface area (Å²) < 4.78 is 23.2. The quantitative estimate of drug-likeness (QED) is 0.763. The van der Waals surface area contributed by atoms with Crippen LogP contribution in [0.4, 0.5) is 11.8 Å². The molecule has 0 saturated carbocycles. The third-order valence-corrected chi connectivity index (χ3v) is 5.24. The second kappa shape index (κ2) is 7.56. The van der Waals surface area contributed by atoms with Gasteiger partial charge in [0.2, 0.25) is 16.0 Å². The maximum absolute atomic E-state index is 11.6. The van der Waals surface area contributed by atoms with Crippen molar-refractivity contribution in [3.8, 4) is 0 Å². The normalized spacial score (nSPS) is 14.4. The van der Waals surface area contributed by atoms with Crippen molar-refractivity contribution in [1.82, 2.24) is 14.9 Å². The van der Waals surface area contributed by atoms with E-state index >= 15 is 0 Å². The van der Waals surface area contributed by atoms with Crippen LogP contribution in [0.3, 0.4) is 0 Å². The number of aromatic nitrogens is 2. The zero-order valence-electron chi connectivity index (χ0n) is 15.0. The summed E-state index contributed by atoms with van der Waals surface area (Å²) in [5.74, 6) is 1.41. The number of anilines is 2. The highest BCUT2D eigenvalue weighted by Gasteiger charge is 2.20. The van der Waals surface area contributed by atoms with E-state index in [1.165, 1.54) is 0 Å². The molecule has 0 amide bonds. The molecule has 2 aromatic rings. The third-order valence-electron chi connectivity index (χ3n) is 4.33. The smallest absolute Gasteiger partial charge is 0.238 e. The first kappa shape index (κ1) is 18.6. The van der Waals surface area contributed by atoms with Crippen LogP contribution in [0.2, 0.25) is 0 Å². The zero-order valence-corrected chi connectivity index (χ0v) is 15.8. The summed E-state index contributed by atoms with van der Waals surface area (Å²) in [5.41, 5.74) is 2.11. The molecule has 0 aliphatic carbocycles. The first-order valence-electron chi connectivity index (χ1n) is 8.44. The lowest BCUT2D eigenvalue weighted by atomic mass is 10.00. The lowest BCUT2D eigenvalue weighted by Gasteiger charge is -2.30. The predicted octanol–water partition coefficient (Wildman–Crippen LogP) is 0.660. The fraction of sp³-hybridized carbons (Fsp3) is 0.412. The second-order valence-corrected chi connectivity index (χ2v) is 8.18. The van der Waals surface area contributed by atoms with Crippen LogP contribution in [0.5, 0.6) is 0 Å². The first-order chi connectivity index (χ1) is 12.3. The molecule has 1 aliphatic heterocycles. The van der Waals surface area contributed by atoms with Crippen molar-refractivity contribution >= 4 is 21.8 Å². The molecule has 26 heavy (non-hydrogen) atoms. The Labute approximate surface area is 154 Å². The van der Waals surface area contributed by atoms with Crippen LogP contribution in [-0.4, -0.2) is 57.0 Å². The van der Waals surface area contributed by atoms with Gasteiger partial charge in [-0.05, 0) is 49.8 Å². The van der Waals surface area contributed by atoms with Gasteiger partial charge in [0.25, 0.3) is 0 Å². The van der Waals surface area contributed by atoms with Gasteiger partial charge in [-0.1, -0.05) is 6.07 Å². The van der Waals surface area contributed by atoms with Gasteiger partial charge in [0.15, 0.2) is 0 Å². The Morgan fingerprint density at radius 1 is 1.27 bits per heavy atom. The Morgan fingerprint density at radius 3 is 2.81 bits per heavy atom. The summed E-state index contributed by atoms with van der Waals surface area (Å²) in [4.78, 5) is 13.2. The van der Waals surface area contributed by atoms with Crippen molar-refractivity contribution in [1.29, 1.82) is 0 Å². The number of nitrogens with two attached hydrogens (primary N) is 1. The topological polar surface area (TPSA) is 104 Å². The van der Waals surface area contributed by atoms with E-state index in [9.17, 15) is 8.42 Å². The molecule has 140 valence electrons. The number of benzene rings is 1. The molecule has 0 saturated heterocycles. The predicted molar refractivity (Wildman–Crippen MR) is 102 cm³/mol. The molecule has 8 nitrogen and oxygen atoms in total. The first-order valence-corrected chi connectivity index (χ1v) is 9.99. The van der Waals surface area contributed by atoms with Crippen molar-refractivity contribution < 1.29 is 8.42 Å². The fourth-order valence-electron chi connectivity index (χ4n) is 2.91. The highest BCUT2D eigenvalue weighted by Crippen LogP contribution is 2.25. The van der Waals surface area contributed by atoms with Crippen LogP contribution in [0, 0.1) is 0 Å². The van der Waals surface area contributed by atoms with Gasteiger partial charge in [0.1, 0.15) is 5.82 Å². The average molecular weight is 376 g/mol. The van der Waals surface area contributed by atoms with E-state index in [0.717, 1.165) is 43.0 Å². The largest absolute Gasteiger partial charge is 0.353 e. The Kier molecular flexibility index (Phi) is 5.40. The number of primary sulfonamides is 1. The van der Waals surface area contributed by atoms with E-state index in [1.807, 2.05) is 26.2 Å². The summed E-state index contributed by atoms with van der Waals surface area (Å²) in [7, 11) is 0.327. The van der Waals surface area contributed by atoms with Gasteiger partial charge in [-0.3, -0.25) is 0 Å². The number of hydrogen-bond donors (Lipinski definition) is 2. The third kappa shape index (κ3) is 4.48. The van der Waals surface area contributed by atoms with Gasteiger partial charge in [0.05, 0.1) is 4.90 Å². The van der Waals surface area contributed by atoms with Gasteiger partial charge >= 0.3 is 0 Å². The van der Waals surface area contributed by atoms with Crippen molar-refractivity contribution in [2.45, 2.75) is 17.9 Å². The molecule has 0 radical (unpaired) electrons. The SMILES string of the molecule is CN(C)CCNc1nccc(N2CCc3ccc(S(N)(=O)=O)cc3C2)n1. The number of nitrogens with zero attached hydrogens (tertiary/aromatic N) is 4. The highest BCUT2D eigenvalue weighted by atomic mass is 32.2. The summed E-state index contributed by atoms with van der Waals surface area (Å²) in [5, 5.41) is 8.47. The molecule has 2 heterocycles. The minimum absolute atomic E-state index is 0.145. The van der Waals surface area contributed by atoms with Crippen LogP contribution < -0.4 is 15.4 Å². The lowest BCUT2D eigenvalue weighted by molar-refractivity contribution is 0.425. The van der Waals surface area contributed by atoms with Gasteiger partial charge in [-0.2, -0.15) is 4.98 Å². The summed E-state index contributed by atoms with van der Waals surface area (Å²) >= 11 is 0. The Hall–Kier alpha value is -2.23. The number of fused-ring (bicyclic) bond motifs is 1. The molecule has 1 aromatic heterocycles. The van der Waals surface area contributed by atoms with E-state index in [4.69, 9.17) is 5.14 Å². The molecular weight excluding hydrogens is 352 g/mol. The molecule has 1 aromatic carbocycles. The van der Waals surface area contributed by atoms with Crippen LogP contribution >= 0.6 is 0 Å². The molecule has 0 fully saturated rings. The van der Waals surface area contributed by atoms with Crippen molar-refractivity contribution in [3.63, 3.8) is 0 Å². The number of sulfonamides is 1. The molecule has 3 rings (SSSR count). The molecule has 3 N–H and O–H groups in total. The van der Waals surface area contributed by atoms with Gasteiger partial charge in [-0.25, -0.2) is 18.5 Å². The number of nitrogens with one attached hydrogen (secondary N) is 1. The molecular formula is C17H24N6O2S. The number of rotatable bonds is 6. The van der Waals surface area contributed by atoms with Gasteiger partial charge in [0, 0.05) is 32.4 Å². The zero-order chi connectivity index (χ0) is 18.7. The van der Waals surface area contributed by atoms with Crippen LogP contribution in [0.25, 0.3) is 0 Å². The molecule has 0 bridgehead atoms. The highest BCUT2D eigenvalue weighted by molar-refractivity contribution is 7.89. The standard InChI is InChI=1S/C17H24N6O2S/c1-22(2)10-8-20-17-19-7-5-16(21-17)23-9-6-13-3-4-15(26(18,24)25)11-14(13)12-23/h3-5,7,11H,6,8-10,12H2,1-2H3,(H2,18,24,25)(H,19,20,21). The fourth-order valence-corrected chi connectivity index (χ4v) is 3.47. The van der Waals surface area contributed by atoms with E-state index in [0.29, 0.717) is 12.5 Å². The number of hydrogen-bond acceptors (Lipinski definition) is 7. The summed E-state index contributed by atoms with van der Waals surface area (Å²) in [6.45, 7) is 3.06. The van der Waals surface area contributed by atoms with Crippen molar-refractivity contribution in [3.05, 3.63) is 41.6 Å². The Bertz CT molecular complexity index is 885. The van der Waals surface area contributed by atoms with Gasteiger partial charge < -0.3 is 15.1 Å². The summed E-state index contributed by atoms with van der Waals surface area (Å²) in [6.07, 6.45) is 2.56. The molecule has 9 heteroatoms. The van der Waals surface area contributed by atoms with Crippen LogP contribution in [0.1, 0.15) is 11.1 Å². The van der Waals surface area contributed by atoms with E-state index in [-0.39, 0.29) is 4.90 Å². The van der Waals surface area contributed by atoms with Crippen molar-refractivity contribution in [2.75, 3.05) is 43.9 Å². The Morgan fingerprint density at radius 2 is 2.08 bits per heavy atom. The molecule has 0 spiro atoms. The van der Waals surface area contributed by atoms with Crippen LogP contribution in [-0.2, 0) is 23.0 Å². The average Bonchev–Trinajstić information content (AvgIpc) is 2.60.